The minimum Gasteiger partial charge on any atom is -0.395 e. The summed E-state index contributed by atoms with van der Waals surface area (Å²) in [5.74, 6) is 0.732. The summed E-state index contributed by atoms with van der Waals surface area (Å²) in [5.41, 5.74) is 0. The van der Waals surface area contributed by atoms with E-state index in [-0.39, 0.29) is 12.5 Å². The zero-order valence-electron chi connectivity index (χ0n) is 14.5. The van der Waals surface area contributed by atoms with Crippen LogP contribution in [-0.2, 0) is 9.53 Å². The predicted octanol–water partition coefficient (Wildman–Crippen LogP) is 0.308. The molecule has 134 valence electrons. The van der Waals surface area contributed by atoms with Crippen molar-refractivity contribution in [3.8, 4) is 0 Å². The molecule has 1 saturated heterocycles. The van der Waals surface area contributed by atoms with Crippen molar-refractivity contribution < 1.29 is 14.6 Å². The molecule has 2 fully saturated rings. The van der Waals surface area contributed by atoms with Gasteiger partial charge in [-0.15, -0.1) is 0 Å². The number of nitrogens with one attached hydrogen (secondary N) is 1. The van der Waals surface area contributed by atoms with E-state index in [4.69, 9.17) is 9.84 Å². The number of hydrogen-bond donors (Lipinski definition) is 2. The fraction of sp³-hybridized carbons (Fsp3) is 0.941. The van der Waals surface area contributed by atoms with Gasteiger partial charge in [-0.2, -0.15) is 0 Å². The van der Waals surface area contributed by atoms with E-state index in [1.165, 1.54) is 19.3 Å². The summed E-state index contributed by atoms with van der Waals surface area (Å²) in [6.45, 7) is 8.53. The Hall–Kier alpha value is -0.690. The molecule has 2 rings (SSSR count). The minimum atomic E-state index is 0.0842. The van der Waals surface area contributed by atoms with Crippen LogP contribution in [-0.4, -0.2) is 85.9 Å². The summed E-state index contributed by atoms with van der Waals surface area (Å²) < 4.78 is 5.92. The molecule has 2 aliphatic rings. The molecule has 2 atom stereocenters. The van der Waals surface area contributed by atoms with Crippen LogP contribution in [0.15, 0.2) is 0 Å². The van der Waals surface area contributed by atoms with Gasteiger partial charge in [-0.25, -0.2) is 0 Å². The second kappa shape index (κ2) is 10.2. The van der Waals surface area contributed by atoms with Crippen LogP contribution in [0.1, 0.15) is 32.6 Å². The Morgan fingerprint density at radius 1 is 1.17 bits per heavy atom. The molecule has 1 amide bonds. The summed E-state index contributed by atoms with van der Waals surface area (Å²) in [5, 5.41) is 11.9. The Bertz CT molecular complexity index is 346. The molecule has 1 aliphatic carbocycles. The molecule has 6 heteroatoms. The number of aliphatic hydroxyl groups is 1. The maximum atomic E-state index is 12.0. The van der Waals surface area contributed by atoms with Gasteiger partial charge in [0.2, 0.25) is 5.91 Å². The van der Waals surface area contributed by atoms with Crippen molar-refractivity contribution in [3.63, 3.8) is 0 Å². The number of nitrogens with zero attached hydrogens (tertiary/aromatic N) is 2. The molecule has 0 aromatic heterocycles. The van der Waals surface area contributed by atoms with Gasteiger partial charge in [-0.3, -0.25) is 14.6 Å². The summed E-state index contributed by atoms with van der Waals surface area (Å²) in [6.07, 6.45) is 5.39. The SMILES string of the molecule is C[C@H]1CCCC[C@H]1OCCNC(=O)CN1CCN(CCO)CC1. The molecule has 0 spiro atoms. The Morgan fingerprint density at radius 2 is 1.87 bits per heavy atom. The molecule has 0 radical (unpaired) electrons. The summed E-state index contributed by atoms with van der Waals surface area (Å²) >= 11 is 0. The van der Waals surface area contributed by atoms with Crippen LogP contribution in [0.3, 0.4) is 0 Å². The van der Waals surface area contributed by atoms with Crippen LogP contribution >= 0.6 is 0 Å². The van der Waals surface area contributed by atoms with Gasteiger partial charge in [0.05, 0.1) is 25.9 Å². The van der Waals surface area contributed by atoms with Gasteiger partial charge in [0.15, 0.2) is 0 Å². The van der Waals surface area contributed by atoms with Gasteiger partial charge in [-0.1, -0.05) is 19.8 Å². The monoisotopic (exact) mass is 327 g/mol. The van der Waals surface area contributed by atoms with E-state index in [9.17, 15) is 4.79 Å². The van der Waals surface area contributed by atoms with Crippen LogP contribution in [0, 0.1) is 5.92 Å². The van der Waals surface area contributed by atoms with E-state index < -0.39 is 0 Å². The molecule has 6 nitrogen and oxygen atoms in total. The van der Waals surface area contributed by atoms with Crippen molar-refractivity contribution >= 4 is 5.91 Å². The number of piperazine rings is 1. The number of β-amino-alcohol motifs (C(OH)–C–C–N with tert-alkyl or cyclic N) is 1. The Kier molecular flexibility index (Phi) is 8.30. The normalized spacial score (nSPS) is 27.0. The molecular formula is C17H33N3O3. The quantitative estimate of drug-likeness (QED) is 0.628. The lowest BCUT2D eigenvalue weighted by Gasteiger charge is -2.33. The van der Waals surface area contributed by atoms with E-state index in [2.05, 4.69) is 22.0 Å². The third-order valence-electron chi connectivity index (χ3n) is 5.04. The Labute approximate surface area is 140 Å². The maximum Gasteiger partial charge on any atom is 0.234 e. The average Bonchev–Trinajstić information content (AvgIpc) is 2.55. The van der Waals surface area contributed by atoms with Gasteiger partial charge in [0, 0.05) is 39.3 Å². The van der Waals surface area contributed by atoms with Gasteiger partial charge < -0.3 is 15.2 Å². The molecule has 1 heterocycles. The number of aliphatic hydroxyl groups excluding tert-OH is 1. The maximum absolute atomic E-state index is 12.0. The van der Waals surface area contributed by atoms with Crippen molar-refractivity contribution in [2.24, 2.45) is 5.92 Å². The van der Waals surface area contributed by atoms with Gasteiger partial charge in [0.1, 0.15) is 0 Å². The Morgan fingerprint density at radius 3 is 2.57 bits per heavy atom. The van der Waals surface area contributed by atoms with Crippen LogP contribution < -0.4 is 5.32 Å². The van der Waals surface area contributed by atoms with E-state index >= 15 is 0 Å². The molecule has 0 bridgehead atoms. The predicted molar refractivity (Wildman–Crippen MR) is 90.3 cm³/mol. The van der Waals surface area contributed by atoms with Crippen LogP contribution in [0.2, 0.25) is 0 Å². The lowest BCUT2D eigenvalue weighted by molar-refractivity contribution is -0.123. The molecular weight excluding hydrogens is 294 g/mol. The highest BCUT2D eigenvalue weighted by Gasteiger charge is 2.22. The third-order valence-corrected chi connectivity index (χ3v) is 5.04. The highest BCUT2D eigenvalue weighted by atomic mass is 16.5. The minimum absolute atomic E-state index is 0.0842. The first-order chi connectivity index (χ1) is 11.2. The molecule has 0 unspecified atom stereocenters. The van der Waals surface area contributed by atoms with E-state index in [1.54, 1.807) is 0 Å². The number of carbonyl (C=O) groups excluding carboxylic acids is 1. The number of carbonyl (C=O) groups is 1. The van der Waals surface area contributed by atoms with Crippen molar-refractivity contribution in [1.29, 1.82) is 0 Å². The zero-order chi connectivity index (χ0) is 16.5. The molecule has 1 saturated carbocycles. The lowest BCUT2D eigenvalue weighted by Crippen LogP contribution is -2.50. The first-order valence-corrected chi connectivity index (χ1v) is 9.13. The van der Waals surface area contributed by atoms with Crippen LogP contribution in [0.25, 0.3) is 0 Å². The van der Waals surface area contributed by atoms with Crippen LogP contribution in [0.5, 0.6) is 0 Å². The van der Waals surface area contributed by atoms with Crippen molar-refractivity contribution in [3.05, 3.63) is 0 Å². The second-order valence-corrected chi connectivity index (χ2v) is 6.86. The standard InChI is InChI=1S/C17H33N3O3/c1-15-4-2-3-5-16(15)23-13-6-18-17(22)14-20-9-7-19(8-10-20)11-12-21/h15-16,21H,2-14H2,1H3,(H,18,22)/t15-,16+/m0/s1. The van der Waals surface area contributed by atoms with E-state index in [1.807, 2.05) is 0 Å². The fourth-order valence-electron chi connectivity index (χ4n) is 3.50. The van der Waals surface area contributed by atoms with E-state index in [0.717, 1.165) is 39.1 Å². The van der Waals surface area contributed by atoms with Gasteiger partial charge >= 0.3 is 0 Å². The number of rotatable bonds is 8. The van der Waals surface area contributed by atoms with Gasteiger partial charge in [-0.05, 0) is 18.8 Å². The van der Waals surface area contributed by atoms with Crippen molar-refractivity contribution in [1.82, 2.24) is 15.1 Å². The smallest absolute Gasteiger partial charge is 0.234 e. The number of ether oxygens (including phenoxy) is 1. The first-order valence-electron chi connectivity index (χ1n) is 9.13. The van der Waals surface area contributed by atoms with Crippen molar-refractivity contribution in [2.45, 2.75) is 38.7 Å². The Balaban J connectivity index is 1.52. The molecule has 0 aromatic carbocycles. The average molecular weight is 327 g/mol. The van der Waals surface area contributed by atoms with E-state index in [0.29, 0.717) is 31.7 Å². The molecule has 1 aliphatic heterocycles. The molecule has 0 aromatic rings. The first kappa shape index (κ1) is 18.6. The van der Waals surface area contributed by atoms with Crippen LogP contribution in [0.4, 0.5) is 0 Å². The third kappa shape index (κ3) is 6.75. The highest BCUT2D eigenvalue weighted by Crippen LogP contribution is 2.25. The second-order valence-electron chi connectivity index (χ2n) is 6.86. The summed E-state index contributed by atoms with van der Waals surface area (Å²) in [7, 11) is 0. The molecule has 23 heavy (non-hydrogen) atoms. The fourth-order valence-corrected chi connectivity index (χ4v) is 3.50. The van der Waals surface area contributed by atoms with Crippen molar-refractivity contribution in [2.75, 3.05) is 59.0 Å². The number of hydrogen-bond acceptors (Lipinski definition) is 5. The summed E-state index contributed by atoms with van der Waals surface area (Å²) in [4.78, 5) is 16.4. The molecule has 2 N–H and O–H groups in total. The topological polar surface area (TPSA) is 65.0 Å². The zero-order valence-corrected chi connectivity index (χ0v) is 14.5. The number of amides is 1. The largest absolute Gasteiger partial charge is 0.395 e. The lowest BCUT2D eigenvalue weighted by atomic mass is 9.88. The summed E-state index contributed by atoms with van der Waals surface area (Å²) in [6, 6.07) is 0. The van der Waals surface area contributed by atoms with Gasteiger partial charge in [0.25, 0.3) is 0 Å². The highest BCUT2D eigenvalue weighted by molar-refractivity contribution is 5.77.